The van der Waals surface area contributed by atoms with Gasteiger partial charge < -0.3 is 15.5 Å². The largest absolute Gasteiger partial charge is 0.376 e. The Labute approximate surface area is 145 Å². The Kier molecular flexibility index (Phi) is 5.48. The van der Waals surface area contributed by atoms with Crippen molar-refractivity contribution in [3.8, 4) is 0 Å². The lowest BCUT2D eigenvalue weighted by molar-refractivity contribution is -0.114. The van der Waals surface area contributed by atoms with Crippen molar-refractivity contribution in [3.63, 3.8) is 0 Å². The monoisotopic (exact) mass is 345 g/mol. The van der Waals surface area contributed by atoms with Gasteiger partial charge in [-0.15, -0.1) is 0 Å². The molecule has 0 saturated carbocycles. The molecule has 1 saturated heterocycles. The maximum atomic E-state index is 13.5. The fraction of sp³-hybridized carbons (Fsp3) is 0.316. The second-order valence-electron chi connectivity index (χ2n) is 6.12. The van der Waals surface area contributed by atoms with Gasteiger partial charge in [0.25, 0.3) is 0 Å². The number of carbonyl (C=O) groups is 1. The van der Waals surface area contributed by atoms with Crippen LogP contribution < -0.4 is 15.5 Å². The number of hydrogen-bond acceptors (Lipinski definition) is 3. The molecule has 1 heterocycles. The highest BCUT2D eigenvalue weighted by Crippen LogP contribution is 2.21. The lowest BCUT2D eigenvalue weighted by atomic mass is 10.1. The predicted octanol–water partition coefficient (Wildman–Crippen LogP) is 4.01. The Balaban J connectivity index is 1.51. The summed E-state index contributed by atoms with van der Waals surface area (Å²) in [6.07, 6.45) is 3.74. The molecule has 0 aromatic heterocycles. The Bertz CT molecular complexity index is 728. The molecule has 3 rings (SSSR count). The number of amides is 1. The average molecular weight is 345 g/mol. The van der Waals surface area contributed by atoms with Gasteiger partial charge in [0.1, 0.15) is 11.6 Å². The molecule has 25 heavy (non-hydrogen) atoms. The molecule has 2 aromatic carbocycles. The molecule has 2 aromatic rings. The first-order valence-corrected chi connectivity index (χ1v) is 8.45. The Morgan fingerprint density at radius 3 is 2.40 bits per heavy atom. The van der Waals surface area contributed by atoms with Gasteiger partial charge in [0, 0.05) is 30.5 Å². The summed E-state index contributed by atoms with van der Waals surface area (Å²) in [5.74, 6) is -1.87. The van der Waals surface area contributed by atoms with Gasteiger partial charge in [0.05, 0.1) is 12.2 Å². The number of nitrogens with one attached hydrogen (secondary N) is 2. The van der Waals surface area contributed by atoms with Crippen LogP contribution in [-0.4, -0.2) is 25.5 Å². The topological polar surface area (TPSA) is 44.4 Å². The molecule has 132 valence electrons. The molecule has 1 aliphatic heterocycles. The lowest BCUT2D eigenvalue weighted by Crippen LogP contribution is -2.29. The first kappa shape index (κ1) is 17.2. The van der Waals surface area contributed by atoms with Crippen molar-refractivity contribution in [2.45, 2.75) is 19.3 Å². The van der Waals surface area contributed by atoms with Gasteiger partial charge in [-0.3, -0.25) is 4.79 Å². The molecule has 0 radical (unpaired) electrons. The van der Waals surface area contributed by atoms with Crippen LogP contribution in [0.5, 0.6) is 0 Å². The van der Waals surface area contributed by atoms with E-state index in [4.69, 9.17) is 0 Å². The molecule has 2 N–H and O–H groups in total. The van der Waals surface area contributed by atoms with Crippen LogP contribution in [-0.2, 0) is 4.79 Å². The minimum absolute atomic E-state index is 0.000122. The van der Waals surface area contributed by atoms with Crippen molar-refractivity contribution in [2.75, 3.05) is 35.2 Å². The Morgan fingerprint density at radius 1 is 1.00 bits per heavy atom. The summed E-state index contributed by atoms with van der Waals surface area (Å²) in [7, 11) is 0. The fourth-order valence-electron chi connectivity index (χ4n) is 2.91. The zero-order valence-electron chi connectivity index (χ0n) is 13.9. The van der Waals surface area contributed by atoms with Crippen molar-refractivity contribution < 1.29 is 13.6 Å². The zero-order chi connectivity index (χ0) is 17.6. The summed E-state index contributed by atoms with van der Waals surface area (Å²) in [5, 5.41) is 5.42. The summed E-state index contributed by atoms with van der Waals surface area (Å²) >= 11 is 0. The van der Waals surface area contributed by atoms with E-state index < -0.39 is 17.5 Å². The molecule has 0 spiro atoms. The maximum absolute atomic E-state index is 13.5. The van der Waals surface area contributed by atoms with Crippen LogP contribution in [0, 0.1) is 11.6 Å². The van der Waals surface area contributed by atoms with E-state index in [9.17, 15) is 13.6 Å². The van der Waals surface area contributed by atoms with Gasteiger partial charge in [-0.25, -0.2) is 8.78 Å². The first-order chi connectivity index (χ1) is 12.1. The summed E-state index contributed by atoms with van der Waals surface area (Å²) < 4.78 is 26.4. The summed E-state index contributed by atoms with van der Waals surface area (Å²) in [5.41, 5.74) is 1.97. The van der Waals surface area contributed by atoms with E-state index in [1.165, 1.54) is 31.0 Å². The van der Waals surface area contributed by atoms with Crippen LogP contribution in [0.1, 0.15) is 19.3 Å². The van der Waals surface area contributed by atoms with Crippen LogP contribution in [0.25, 0.3) is 0 Å². The molecule has 1 aliphatic rings. The van der Waals surface area contributed by atoms with Crippen LogP contribution in [0.15, 0.2) is 42.5 Å². The van der Waals surface area contributed by atoms with E-state index in [1.807, 2.05) is 24.3 Å². The zero-order valence-corrected chi connectivity index (χ0v) is 13.9. The molecule has 0 atom stereocenters. The van der Waals surface area contributed by atoms with Crippen molar-refractivity contribution in [1.29, 1.82) is 0 Å². The molecule has 1 fully saturated rings. The van der Waals surface area contributed by atoms with Gasteiger partial charge in [-0.2, -0.15) is 0 Å². The van der Waals surface area contributed by atoms with E-state index in [0.717, 1.165) is 30.9 Å². The quantitative estimate of drug-likeness (QED) is 0.861. The molecule has 6 heteroatoms. The molecular formula is C19H21F2N3O. The summed E-state index contributed by atoms with van der Waals surface area (Å²) in [6.45, 7) is 2.16. The smallest absolute Gasteiger partial charge is 0.243 e. The van der Waals surface area contributed by atoms with Gasteiger partial charge in [-0.05, 0) is 55.7 Å². The van der Waals surface area contributed by atoms with Crippen molar-refractivity contribution in [1.82, 2.24) is 0 Å². The third-order valence-corrected chi connectivity index (χ3v) is 4.25. The maximum Gasteiger partial charge on any atom is 0.243 e. The number of carbonyl (C=O) groups excluding carboxylic acids is 1. The highest BCUT2D eigenvalue weighted by Gasteiger charge is 2.11. The number of nitrogens with zero attached hydrogens (tertiary/aromatic N) is 1. The van der Waals surface area contributed by atoms with Gasteiger partial charge in [0.15, 0.2) is 0 Å². The molecule has 4 nitrogen and oxygen atoms in total. The van der Waals surface area contributed by atoms with E-state index in [2.05, 4.69) is 15.5 Å². The number of rotatable bonds is 5. The number of anilines is 3. The van der Waals surface area contributed by atoms with Gasteiger partial charge in [0.2, 0.25) is 5.91 Å². The van der Waals surface area contributed by atoms with Gasteiger partial charge >= 0.3 is 0 Å². The summed E-state index contributed by atoms with van der Waals surface area (Å²) in [4.78, 5) is 14.3. The van der Waals surface area contributed by atoms with Crippen LogP contribution >= 0.6 is 0 Å². The van der Waals surface area contributed by atoms with E-state index in [0.29, 0.717) is 0 Å². The standard InChI is InChI=1S/C19H21F2N3O/c20-14-4-9-18(17(21)12-14)23-19(25)13-22-15-5-7-16(8-6-15)24-10-2-1-3-11-24/h4-9,12,22H,1-3,10-11,13H2,(H,23,25). The van der Waals surface area contributed by atoms with Crippen molar-refractivity contribution in [2.24, 2.45) is 0 Å². The lowest BCUT2D eigenvalue weighted by Gasteiger charge is -2.28. The highest BCUT2D eigenvalue weighted by molar-refractivity contribution is 5.93. The Morgan fingerprint density at radius 2 is 1.72 bits per heavy atom. The van der Waals surface area contributed by atoms with Crippen molar-refractivity contribution in [3.05, 3.63) is 54.1 Å². The SMILES string of the molecule is O=C(CNc1ccc(N2CCCCC2)cc1)Nc1ccc(F)cc1F. The van der Waals surface area contributed by atoms with Crippen LogP contribution in [0.2, 0.25) is 0 Å². The van der Waals surface area contributed by atoms with E-state index in [1.54, 1.807) is 0 Å². The number of halogens is 2. The predicted molar refractivity (Wildman–Crippen MR) is 96.0 cm³/mol. The summed E-state index contributed by atoms with van der Waals surface area (Å²) in [6, 6.07) is 11.0. The molecular weight excluding hydrogens is 324 g/mol. The van der Waals surface area contributed by atoms with Gasteiger partial charge in [-0.1, -0.05) is 0 Å². The first-order valence-electron chi connectivity index (χ1n) is 8.45. The third kappa shape index (κ3) is 4.68. The Hall–Kier alpha value is -2.63. The normalized spacial score (nSPS) is 14.2. The molecule has 0 aliphatic carbocycles. The third-order valence-electron chi connectivity index (χ3n) is 4.25. The average Bonchev–Trinajstić information content (AvgIpc) is 2.63. The number of hydrogen-bond donors (Lipinski definition) is 2. The molecule has 0 bridgehead atoms. The fourth-order valence-corrected chi connectivity index (χ4v) is 2.91. The van der Waals surface area contributed by atoms with Crippen LogP contribution in [0.4, 0.5) is 25.8 Å². The minimum Gasteiger partial charge on any atom is -0.376 e. The molecule has 1 amide bonds. The number of benzene rings is 2. The second-order valence-corrected chi connectivity index (χ2v) is 6.12. The van der Waals surface area contributed by atoms with E-state index in [-0.39, 0.29) is 12.2 Å². The highest BCUT2D eigenvalue weighted by atomic mass is 19.1. The minimum atomic E-state index is -0.792. The molecule has 0 unspecified atom stereocenters. The second kappa shape index (κ2) is 7.96. The van der Waals surface area contributed by atoms with Crippen molar-refractivity contribution >= 4 is 23.0 Å². The number of piperidine rings is 1. The van der Waals surface area contributed by atoms with E-state index >= 15 is 0 Å². The van der Waals surface area contributed by atoms with Crippen LogP contribution in [0.3, 0.4) is 0 Å².